The van der Waals surface area contributed by atoms with Crippen LogP contribution in [0.15, 0.2) is 23.6 Å². The van der Waals surface area contributed by atoms with Gasteiger partial charge in [0.25, 0.3) is 0 Å². The summed E-state index contributed by atoms with van der Waals surface area (Å²) in [4.78, 5) is 4.43. The minimum atomic E-state index is -0.290. The van der Waals surface area contributed by atoms with Crippen LogP contribution in [-0.4, -0.2) is 18.6 Å². The lowest BCUT2D eigenvalue weighted by molar-refractivity contribution is 0.415. The van der Waals surface area contributed by atoms with E-state index in [9.17, 15) is 4.39 Å². The average molecular weight is 266 g/mol. The third kappa shape index (κ3) is 2.79. The summed E-state index contributed by atoms with van der Waals surface area (Å²) in [7, 11) is 1.57. The van der Waals surface area contributed by atoms with E-state index >= 15 is 0 Å². The van der Waals surface area contributed by atoms with E-state index in [2.05, 4.69) is 17.2 Å². The molecule has 0 atom stereocenters. The van der Waals surface area contributed by atoms with E-state index in [4.69, 9.17) is 4.74 Å². The molecule has 0 unspecified atom stereocenters. The van der Waals surface area contributed by atoms with E-state index in [1.807, 2.05) is 5.38 Å². The Hall–Kier alpha value is -1.62. The average Bonchev–Trinajstić information content (AvgIpc) is 2.85. The van der Waals surface area contributed by atoms with Gasteiger partial charge in [-0.3, -0.25) is 0 Å². The number of aromatic nitrogens is 1. The monoisotopic (exact) mass is 266 g/mol. The first kappa shape index (κ1) is 12.8. The quantitative estimate of drug-likeness (QED) is 0.894. The molecule has 1 N–H and O–H groups in total. The molecule has 3 nitrogen and oxygen atoms in total. The second-order valence-electron chi connectivity index (χ2n) is 3.81. The smallest absolute Gasteiger partial charge is 0.183 e. The summed E-state index contributed by atoms with van der Waals surface area (Å²) in [6.45, 7) is 2.98. The molecule has 0 aliphatic rings. The standard InChI is InChI=1S/C13H15FN2OS/c1-3-6-15-13-16-11(8-18-13)10-7-9(14)4-5-12(10)17-2/h4-5,7-8H,3,6H2,1-2H3,(H,15,16). The topological polar surface area (TPSA) is 34.2 Å². The zero-order chi connectivity index (χ0) is 13.0. The predicted molar refractivity (Wildman–Crippen MR) is 72.8 cm³/mol. The molecule has 0 aliphatic heterocycles. The number of hydrogen-bond acceptors (Lipinski definition) is 4. The molecule has 0 fully saturated rings. The zero-order valence-corrected chi connectivity index (χ0v) is 11.2. The molecule has 0 bridgehead atoms. The lowest BCUT2D eigenvalue weighted by atomic mass is 10.1. The van der Waals surface area contributed by atoms with Crippen LogP contribution in [0.2, 0.25) is 0 Å². The molecule has 2 aromatic rings. The van der Waals surface area contributed by atoms with E-state index in [1.165, 1.54) is 23.5 Å². The van der Waals surface area contributed by atoms with Gasteiger partial charge in [0, 0.05) is 17.5 Å². The van der Waals surface area contributed by atoms with Crippen molar-refractivity contribution in [2.45, 2.75) is 13.3 Å². The van der Waals surface area contributed by atoms with Crippen molar-refractivity contribution in [3.63, 3.8) is 0 Å². The summed E-state index contributed by atoms with van der Waals surface area (Å²) < 4.78 is 18.5. The maximum atomic E-state index is 13.3. The van der Waals surface area contributed by atoms with Crippen LogP contribution < -0.4 is 10.1 Å². The summed E-state index contributed by atoms with van der Waals surface area (Å²) >= 11 is 1.51. The number of anilines is 1. The number of halogens is 1. The number of benzene rings is 1. The van der Waals surface area contributed by atoms with Crippen LogP contribution in [0.4, 0.5) is 9.52 Å². The van der Waals surface area contributed by atoms with Gasteiger partial charge < -0.3 is 10.1 Å². The number of methoxy groups -OCH3 is 1. The van der Waals surface area contributed by atoms with Gasteiger partial charge in [-0.05, 0) is 24.6 Å². The first-order chi connectivity index (χ1) is 8.74. The Morgan fingerprint density at radius 3 is 3.00 bits per heavy atom. The molecule has 0 aliphatic carbocycles. The first-order valence-electron chi connectivity index (χ1n) is 5.78. The van der Waals surface area contributed by atoms with Crippen molar-refractivity contribution < 1.29 is 9.13 Å². The summed E-state index contributed by atoms with van der Waals surface area (Å²) in [5.41, 5.74) is 1.41. The minimum Gasteiger partial charge on any atom is -0.496 e. The van der Waals surface area contributed by atoms with Gasteiger partial charge in [-0.25, -0.2) is 9.37 Å². The van der Waals surface area contributed by atoms with Gasteiger partial charge in [0.15, 0.2) is 5.13 Å². The summed E-state index contributed by atoms with van der Waals surface area (Å²) in [6, 6.07) is 4.44. The number of hydrogen-bond donors (Lipinski definition) is 1. The van der Waals surface area contributed by atoms with Crippen molar-refractivity contribution in [2.75, 3.05) is 19.0 Å². The van der Waals surface area contributed by atoms with E-state index < -0.39 is 0 Å². The van der Waals surface area contributed by atoms with Gasteiger partial charge in [0.1, 0.15) is 11.6 Å². The van der Waals surface area contributed by atoms with Gasteiger partial charge in [0.05, 0.1) is 12.8 Å². The molecule has 96 valence electrons. The summed E-state index contributed by atoms with van der Waals surface area (Å²) in [6.07, 6.45) is 1.04. The number of nitrogens with zero attached hydrogens (tertiary/aromatic N) is 1. The highest BCUT2D eigenvalue weighted by Gasteiger charge is 2.10. The second kappa shape index (κ2) is 5.82. The van der Waals surface area contributed by atoms with Crippen molar-refractivity contribution in [1.82, 2.24) is 4.98 Å². The maximum Gasteiger partial charge on any atom is 0.183 e. The Balaban J connectivity index is 2.30. The third-order valence-corrected chi connectivity index (χ3v) is 3.27. The highest BCUT2D eigenvalue weighted by Crippen LogP contribution is 2.32. The number of rotatable bonds is 5. The molecule has 0 amide bonds. The molecular weight excluding hydrogens is 251 g/mol. The molecular formula is C13H15FN2OS. The molecule has 0 spiro atoms. The Morgan fingerprint density at radius 2 is 2.28 bits per heavy atom. The molecule has 1 aromatic carbocycles. The molecule has 0 saturated carbocycles. The van der Waals surface area contributed by atoms with Crippen LogP contribution in [0.5, 0.6) is 5.75 Å². The number of thiazole rings is 1. The molecule has 5 heteroatoms. The number of nitrogens with one attached hydrogen (secondary N) is 1. The van der Waals surface area contributed by atoms with Gasteiger partial charge in [-0.2, -0.15) is 0 Å². The lowest BCUT2D eigenvalue weighted by Gasteiger charge is -2.05. The lowest BCUT2D eigenvalue weighted by Crippen LogP contribution is -1.98. The number of ether oxygens (including phenoxy) is 1. The van der Waals surface area contributed by atoms with E-state index in [0.717, 1.165) is 23.8 Å². The maximum absolute atomic E-state index is 13.3. The Bertz CT molecular complexity index is 527. The zero-order valence-electron chi connectivity index (χ0n) is 10.4. The van der Waals surface area contributed by atoms with Crippen LogP contribution >= 0.6 is 11.3 Å². The molecule has 1 aromatic heterocycles. The van der Waals surface area contributed by atoms with Crippen LogP contribution in [0.3, 0.4) is 0 Å². The van der Waals surface area contributed by atoms with Crippen molar-refractivity contribution in [3.05, 3.63) is 29.4 Å². The SMILES string of the molecule is CCCNc1nc(-c2cc(F)ccc2OC)cs1. The summed E-state index contributed by atoms with van der Waals surface area (Å²) in [5.74, 6) is 0.339. The predicted octanol–water partition coefficient (Wildman–Crippen LogP) is 3.78. The van der Waals surface area contributed by atoms with Crippen molar-refractivity contribution in [3.8, 4) is 17.0 Å². The normalized spacial score (nSPS) is 10.4. The molecule has 18 heavy (non-hydrogen) atoms. The fraction of sp³-hybridized carbons (Fsp3) is 0.308. The first-order valence-corrected chi connectivity index (χ1v) is 6.66. The van der Waals surface area contributed by atoms with Crippen LogP contribution in [0, 0.1) is 5.82 Å². The minimum absolute atomic E-state index is 0.290. The Morgan fingerprint density at radius 1 is 1.44 bits per heavy atom. The van der Waals surface area contributed by atoms with E-state index in [-0.39, 0.29) is 5.82 Å². The second-order valence-corrected chi connectivity index (χ2v) is 4.67. The fourth-order valence-corrected chi connectivity index (χ4v) is 2.33. The molecule has 0 saturated heterocycles. The van der Waals surface area contributed by atoms with Gasteiger partial charge in [-0.1, -0.05) is 6.92 Å². The largest absolute Gasteiger partial charge is 0.496 e. The molecule has 0 radical (unpaired) electrons. The van der Waals surface area contributed by atoms with Crippen LogP contribution in [0.25, 0.3) is 11.3 Å². The van der Waals surface area contributed by atoms with Gasteiger partial charge in [0.2, 0.25) is 0 Å². The highest BCUT2D eigenvalue weighted by atomic mass is 32.1. The summed E-state index contributed by atoms with van der Waals surface area (Å²) in [5, 5.41) is 5.95. The van der Waals surface area contributed by atoms with Crippen LogP contribution in [0.1, 0.15) is 13.3 Å². The fourth-order valence-electron chi connectivity index (χ4n) is 1.59. The third-order valence-electron chi connectivity index (χ3n) is 2.47. The molecule has 2 rings (SSSR count). The van der Waals surface area contributed by atoms with Crippen molar-refractivity contribution in [1.29, 1.82) is 0 Å². The highest BCUT2D eigenvalue weighted by molar-refractivity contribution is 7.14. The van der Waals surface area contributed by atoms with E-state index in [1.54, 1.807) is 13.2 Å². The van der Waals surface area contributed by atoms with Crippen molar-refractivity contribution >= 4 is 16.5 Å². The van der Waals surface area contributed by atoms with Crippen LogP contribution in [-0.2, 0) is 0 Å². The van der Waals surface area contributed by atoms with Gasteiger partial charge >= 0.3 is 0 Å². The van der Waals surface area contributed by atoms with E-state index in [0.29, 0.717) is 11.3 Å². The Kier molecular flexibility index (Phi) is 4.15. The van der Waals surface area contributed by atoms with Gasteiger partial charge in [-0.15, -0.1) is 11.3 Å². The Labute approximate surface area is 110 Å². The van der Waals surface area contributed by atoms with Crippen molar-refractivity contribution in [2.24, 2.45) is 0 Å². The molecule has 1 heterocycles.